The zero-order valence-corrected chi connectivity index (χ0v) is 10.4. The molecule has 0 aliphatic carbocycles. The highest BCUT2D eigenvalue weighted by molar-refractivity contribution is 6.31. The van der Waals surface area contributed by atoms with Crippen molar-refractivity contribution >= 4 is 11.6 Å². The van der Waals surface area contributed by atoms with Crippen LogP contribution in [0.25, 0.3) is 0 Å². The fraction of sp³-hybridized carbons (Fsp3) is 0.538. The highest BCUT2D eigenvalue weighted by Gasteiger charge is 2.19. The van der Waals surface area contributed by atoms with Crippen LogP contribution >= 0.6 is 11.6 Å². The highest BCUT2D eigenvalue weighted by atomic mass is 35.5. The second-order valence-corrected chi connectivity index (χ2v) is 5.10. The third kappa shape index (κ3) is 2.35. The molecule has 0 unspecified atom stereocenters. The summed E-state index contributed by atoms with van der Waals surface area (Å²) in [6.45, 7) is 2.54. The summed E-state index contributed by atoms with van der Waals surface area (Å²) in [5.74, 6) is 2.33. The van der Waals surface area contributed by atoms with Gasteiger partial charge in [0, 0.05) is 11.1 Å². The smallest absolute Gasteiger partial charge is 0.231 e. The largest absolute Gasteiger partial charge is 0.454 e. The third-order valence-electron chi connectivity index (χ3n) is 3.51. The molecule has 0 atom stereocenters. The van der Waals surface area contributed by atoms with Crippen molar-refractivity contribution < 1.29 is 9.47 Å². The van der Waals surface area contributed by atoms with Crippen molar-refractivity contribution in [2.45, 2.75) is 19.3 Å². The molecule has 2 heterocycles. The van der Waals surface area contributed by atoms with Crippen LogP contribution in [0.5, 0.6) is 11.5 Å². The molecule has 3 rings (SSSR count). The van der Waals surface area contributed by atoms with Gasteiger partial charge in [0.2, 0.25) is 6.79 Å². The number of piperidine rings is 1. The van der Waals surface area contributed by atoms with Gasteiger partial charge in [-0.05, 0) is 49.9 Å². The van der Waals surface area contributed by atoms with Gasteiger partial charge in [-0.2, -0.15) is 0 Å². The number of halogens is 1. The molecule has 0 radical (unpaired) electrons. The molecule has 1 N–H and O–H groups in total. The molecule has 3 nitrogen and oxygen atoms in total. The molecule has 0 spiro atoms. The Kier molecular flexibility index (Phi) is 3.12. The summed E-state index contributed by atoms with van der Waals surface area (Å²) in [5, 5.41) is 4.18. The van der Waals surface area contributed by atoms with Crippen LogP contribution in [0.2, 0.25) is 5.02 Å². The van der Waals surface area contributed by atoms with Crippen LogP contribution in [0.4, 0.5) is 0 Å². The molecule has 1 aromatic carbocycles. The lowest BCUT2D eigenvalue weighted by Crippen LogP contribution is -2.28. The number of ether oxygens (including phenoxy) is 2. The Bertz CT molecular complexity index is 416. The molecule has 92 valence electrons. The van der Waals surface area contributed by atoms with E-state index in [0.717, 1.165) is 41.9 Å². The second-order valence-electron chi connectivity index (χ2n) is 4.69. The Morgan fingerprint density at radius 2 is 1.88 bits per heavy atom. The van der Waals surface area contributed by atoms with Gasteiger partial charge in [0.05, 0.1) is 0 Å². The van der Waals surface area contributed by atoms with E-state index in [9.17, 15) is 0 Å². The summed E-state index contributed by atoms with van der Waals surface area (Å²) in [6, 6.07) is 3.91. The van der Waals surface area contributed by atoms with E-state index in [1.165, 1.54) is 18.4 Å². The van der Waals surface area contributed by atoms with Crippen LogP contribution in [0.15, 0.2) is 12.1 Å². The lowest BCUT2D eigenvalue weighted by molar-refractivity contribution is 0.174. The summed E-state index contributed by atoms with van der Waals surface area (Å²) in [6.07, 6.45) is 3.49. The Morgan fingerprint density at radius 3 is 2.65 bits per heavy atom. The summed E-state index contributed by atoms with van der Waals surface area (Å²) < 4.78 is 10.7. The number of hydrogen-bond acceptors (Lipinski definition) is 3. The van der Waals surface area contributed by atoms with Gasteiger partial charge in [0.15, 0.2) is 11.5 Å². The molecule has 17 heavy (non-hydrogen) atoms. The Balaban J connectivity index is 1.78. The van der Waals surface area contributed by atoms with E-state index in [0.29, 0.717) is 6.79 Å². The number of nitrogens with one attached hydrogen (secondary N) is 1. The van der Waals surface area contributed by atoms with E-state index in [2.05, 4.69) is 5.32 Å². The quantitative estimate of drug-likeness (QED) is 0.879. The molecule has 1 fully saturated rings. The van der Waals surface area contributed by atoms with Crippen LogP contribution in [0, 0.1) is 5.92 Å². The van der Waals surface area contributed by atoms with Crippen molar-refractivity contribution in [3.63, 3.8) is 0 Å². The van der Waals surface area contributed by atoms with Gasteiger partial charge in [0.25, 0.3) is 0 Å². The van der Waals surface area contributed by atoms with Gasteiger partial charge >= 0.3 is 0 Å². The van der Waals surface area contributed by atoms with Crippen molar-refractivity contribution in [2.24, 2.45) is 5.92 Å². The molecule has 1 saturated heterocycles. The Labute approximate surface area is 106 Å². The highest BCUT2D eigenvalue weighted by Crippen LogP contribution is 2.38. The number of benzene rings is 1. The van der Waals surface area contributed by atoms with Crippen molar-refractivity contribution in [1.82, 2.24) is 5.32 Å². The molecule has 0 saturated carbocycles. The van der Waals surface area contributed by atoms with E-state index in [1.807, 2.05) is 12.1 Å². The monoisotopic (exact) mass is 253 g/mol. The molecule has 0 aromatic heterocycles. The third-order valence-corrected chi connectivity index (χ3v) is 3.86. The molecule has 2 aliphatic rings. The van der Waals surface area contributed by atoms with Crippen LogP contribution in [0.1, 0.15) is 18.4 Å². The van der Waals surface area contributed by atoms with Crippen LogP contribution < -0.4 is 14.8 Å². The first kappa shape index (κ1) is 11.2. The summed E-state index contributed by atoms with van der Waals surface area (Å²) in [5.41, 5.74) is 1.18. The maximum atomic E-state index is 6.28. The van der Waals surface area contributed by atoms with Crippen molar-refractivity contribution in [3.8, 4) is 11.5 Å². The van der Waals surface area contributed by atoms with Gasteiger partial charge in [-0.1, -0.05) is 11.6 Å². The fourth-order valence-electron chi connectivity index (χ4n) is 2.51. The van der Waals surface area contributed by atoms with Gasteiger partial charge in [0.1, 0.15) is 0 Å². The zero-order chi connectivity index (χ0) is 11.7. The van der Waals surface area contributed by atoms with E-state index in [1.54, 1.807) is 0 Å². The first-order valence-electron chi connectivity index (χ1n) is 6.11. The first-order chi connectivity index (χ1) is 8.33. The Hall–Kier alpha value is -0.930. The van der Waals surface area contributed by atoms with Crippen LogP contribution in [-0.4, -0.2) is 19.9 Å². The minimum atomic E-state index is 0.308. The zero-order valence-electron chi connectivity index (χ0n) is 9.67. The standard InChI is InChI=1S/C13H16ClNO2/c14-11-7-13-12(16-8-17-13)6-10(11)5-9-1-3-15-4-2-9/h6-7,9,15H,1-5,8H2. The maximum Gasteiger partial charge on any atom is 0.231 e. The SMILES string of the molecule is Clc1cc2c(cc1CC1CCNCC1)OCO2. The molecule has 0 bridgehead atoms. The summed E-state index contributed by atoms with van der Waals surface area (Å²) in [4.78, 5) is 0. The number of hydrogen-bond donors (Lipinski definition) is 1. The minimum Gasteiger partial charge on any atom is -0.454 e. The topological polar surface area (TPSA) is 30.5 Å². The lowest BCUT2D eigenvalue weighted by atomic mass is 9.91. The lowest BCUT2D eigenvalue weighted by Gasteiger charge is -2.23. The summed E-state index contributed by atoms with van der Waals surface area (Å²) >= 11 is 6.28. The molecular formula is C13H16ClNO2. The number of fused-ring (bicyclic) bond motifs is 1. The normalized spacial score (nSPS) is 19.6. The van der Waals surface area contributed by atoms with Gasteiger partial charge in [-0.15, -0.1) is 0 Å². The van der Waals surface area contributed by atoms with E-state index >= 15 is 0 Å². The van der Waals surface area contributed by atoms with Gasteiger partial charge in [-0.3, -0.25) is 0 Å². The fourth-order valence-corrected chi connectivity index (χ4v) is 2.74. The van der Waals surface area contributed by atoms with Crippen molar-refractivity contribution in [3.05, 3.63) is 22.7 Å². The second kappa shape index (κ2) is 4.75. The average Bonchev–Trinajstić information content (AvgIpc) is 2.78. The maximum absolute atomic E-state index is 6.28. The average molecular weight is 254 g/mol. The number of rotatable bonds is 2. The summed E-state index contributed by atoms with van der Waals surface area (Å²) in [7, 11) is 0. The minimum absolute atomic E-state index is 0.308. The van der Waals surface area contributed by atoms with E-state index < -0.39 is 0 Å². The predicted octanol–water partition coefficient (Wildman–Crippen LogP) is 2.61. The molecule has 1 aromatic rings. The Morgan fingerprint density at radius 1 is 1.18 bits per heavy atom. The van der Waals surface area contributed by atoms with Crippen molar-refractivity contribution in [2.75, 3.05) is 19.9 Å². The molecule has 4 heteroatoms. The van der Waals surface area contributed by atoms with Gasteiger partial charge in [-0.25, -0.2) is 0 Å². The van der Waals surface area contributed by atoms with Crippen molar-refractivity contribution in [1.29, 1.82) is 0 Å². The molecule has 0 amide bonds. The van der Waals surface area contributed by atoms with Crippen LogP contribution in [-0.2, 0) is 6.42 Å². The first-order valence-corrected chi connectivity index (χ1v) is 6.49. The molecule has 2 aliphatic heterocycles. The van der Waals surface area contributed by atoms with Crippen LogP contribution in [0.3, 0.4) is 0 Å². The van der Waals surface area contributed by atoms with E-state index in [4.69, 9.17) is 21.1 Å². The predicted molar refractivity (Wildman–Crippen MR) is 66.9 cm³/mol. The molecular weight excluding hydrogens is 238 g/mol. The van der Waals surface area contributed by atoms with Gasteiger partial charge < -0.3 is 14.8 Å². The van der Waals surface area contributed by atoms with E-state index in [-0.39, 0.29) is 0 Å².